The Morgan fingerprint density at radius 2 is 1.75 bits per heavy atom. The largest absolute Gasteiger partial charge is 0.399 e. The molecule has 0 fully saturated rings. The molecule has 1 nitrogen and oxygen atoms in total. The van der Waals surface area contributed by atoms with Crippen LogP contribution in [-0.2, 0) is 0 Å². The number of nitrogen functional groups attached to an aromatic ring is 1. The number of benzene rings is 2. The molecule has 0 unspecified atom stereocenters. The first-order valence-corrected chi connectivity index (χ1v) is 5.27. The van der Waals surface area contributed by atoms with Crippen LogP contribution in [0, 0.1) is 12.7 Å². The van der Waals surface area contributed by atoms with E-state index in [1.807, 2.05) is 12.1 Å². The Hall–Kier alpha value is -1.54. The van der Waals surface area contributed by atoms with Crippen molar-refractivity contribution in [1.29, 1.82) is 0 Å². The van der Waals surface area contributed by atoms with Gasteiger partial charge in [0.25, 0.3) is 0 Å². The van der Waals surface area contributed by atoms with Gasteiger partial charge in [0.15, 0.2) is 0 Å². The lowest BCUT2D eigenvalue weighted by Gasteiger charge is -2.07. The maximum Gasteiger partial charge on any atom is 0.126 e. The monoisotopic (exact) mass is 235 g/mol. The van der Waals surface area contributed by atoms with Gasteiger partial charge in [-0.15, -0.1) is 0 Å². The van der Waals surface area contributed by atoms with Crippen molar-refractivity contribution >= 4 is 17.3 Å². The molecule has 0 saturated heterocycles. The van der Waals surface area contributed by atoms with E-state index in [-0.39, 0.29) is 5.82 Å². The summed E-state index contributed by atoms with van der Waals surface area (Å²) in [5.74, 6) is -0.253. The number of rotatable bonds is 1. The van der Waals surface area contributed by atoms with Crippen molar-refractivity contribution in [2.45, 2.75) is 6.92 Å². The molecular formula is C13H11ClFN. The van der Waals surface area contributed by atoms with Gasteiger partial charge in [0, 0.05) is 16.3 Å². The minimum atomic E-state index is -0.253. The van der Waals surface area contributed by atoms with Crippen molar-refractivity contribution < 1.29 is 4.39 Å². The van der Waals surface area contributed by atoms with E-state index in [0.29, 0.717) is 21.8 Å². The summed E-state index contributed by atoms with van der Waals surface area (Å²) in [5, 5.41) is 0.545. The third-order valence-corrected chi connectivity index (χ3v) is 2.78. The fraction of sp³-hybridized carbons (Fsp3) is 0.0769. The van der Waals surface area contributed by atoms with Crippen LogP contribution in [-0.4, -0.2) is 0 Å². The molecule has 16 heavy (non-hydrogen) atoms. The molecule has 2 aromatic rings. The Morgan fingerprint density at radius 3 is 2.38 bits per heavy atom. The molecule has 2 aromatic carbocycles. The molecule has 0 spiro atoms. The predicted molar refractivity (Wildman–Crippen MR) is 66.0 cm³/mol. The van der Waals surface area contributed by atoms with Gasteiger partial charge >= 0.3 is 0 Å². The predicted octanol–water partition coefficient (Wildman–Crippen LogP) is 4.04. The van der Waals surface area contributed by atoms with E-state index in [4.69, 9.17) is 17.3 Å². The summed E-state index contributed by atoms with van der Waals surface area (Å²) in [7, 11) is 0. The van der Waals surface area contributed by atoms with Crippen LogP contribution in [0.3, 0.4) is 0 Å². The molecule has 2 rings (SSSR count). The molecule has 0 heterocycles. The number of hydrogen-bond acceptors (Lipinski definition) is 1. The Labute approximate surface area is 98.7 Å². The van der Waals surface area contributed by atoms with Crippen molar-refractivity contribution in [3.8, 4) is 11.1 Å². The molecule has 0 aliphatic rings. The van der Waals surface area contributed by atoms with Crippen molar-refractivity contribution in [2.24, 2.45) is 0 Å². The molecule has 0 aromatic heterocycles. The quantitative estimate of drug-likeness (QED) is 0.742. The maximum atomic E-state index is 13.4. The van der Waals surface area contributed by atoms with Gasteiger partial charge in [-0.2, -0.15) is 0 Å². The lowest BCUT2D eigenvalue weighted by Crippen LogP contribution is -1.88. The summed E-state index contributed by atoms with van der Waals surface area (Å²) in [4.78, 5) is 0. The average molecular weight is 236 g/mol. The van der Waals surface area contributed by atoms with E-state index in [0.717, 1.165) is 5.56 Å². The first kappa shape index (κ1) is 11.0. The number of anilines is 1. The molecule has 82 valence electrons. The minimum Gasteiger partial charge on any atom is -0.399 e. The van der Waals surface area contributed by atoms with E-state index in [2.05, 4.69) is 0 Å². The molecule has 0 bridgehead atoms. The third kappa shape index (κ3) is 2.02. The molecule has 0 saturated carbocycles. The van der Waals surface area contributed by atoms with Gasteiger partial charge in [0.1, 0.15) is 5.82 Å². The molecule has 0 radical (unpaired) electrons. The van der Waals surface area contributed by atoms with Crippen LogP contribution >= 0.6 is 11.6 Å². The van der Waals surface area contributed by atoms with E-state index in [1.165, 1.54) is 6.07 Å². The maximum absolute atomic E-state index is 13.4. The highest BCUT2D eigenvalue weighted by molar-refractivity contribution is 6.33. The fourth-order valence-corrected chi connectivity index (χ4v) is 1.86. The second kappa shape index (κ2) is 4.14. The third-order valence-electron chi connectivity index (χ3n) is 2.47. The van der Waals surface area contributed by atoms with Gasteiger partial charge in [0.2, 0.25) is 0 Å². The molecule has 0 amide bonds. The van der Waals surface area contributed by atoms with Crippen LogP contribution in [0.15, 0.2) is 36.4 Å². The zero-order chi connectivity index (χ0) is 11.7. The van der Waals surface area contributed by atoms with Crippen LogP contribution in [0.5, 0.6) is 0 Å². The molecule has 3 heteroatoms. The SMILES string of the molecule is Cc1cc(Cl)c(-c2ccc(N)cc2)cc1F. The van der Waals surface area contributed by atoms with Gasteiger partial charge in [-0.3, -0.25) is 0 Å². The highest BCUT2D eigenvalue weighted by Crippen LogP contribution is 2.30. The van der Waals surface area contributed by atoms with Crippen molar-refractivity contribution in [1.82, 2.24) is 0 Å². The zero-order valence-corrected chi connectivity index (χ0v) is 9.55. The lowest BCUT2D eigenvalue weighted by atomic mass is 10.0. The summed E-state index contributed by atoms with van der Waals surface area (Å²) in [6.45, 7) is 1.69. The average Bonchev–Trinajstić information content (AvgIpc) is 2.25. The smallest absolute Gasteiger partial charge is 0.126 e. The second-order valence-electron chi connectivity index (χ2n) is 3.70. The summed E-state index contributed by atoms with van der Waals surface area (Å²) in [5.41, 5.74) is 8.35. The number of halogens is 2. The van der Waals surface area contributed by atoms with Crippen LogP contribution in [0.4, 0.5) is 10.1 Å². The number of aryl methyl sites for hydroxylation is 1. The molecule has 0 aliphatic heterocycles. The summed E-state index contributed by atoms with van der Waals surface area (Å²) >= 11 is 6.08. The summed E-state index contributed by atoms with van der Waals surface area (Å²) < 4.78 is 13.4. The van der Waals surface area contributed by atoms with Crippen LogP contribution in [0.25, 0.3) is 11.1 Å². The molecule has 0 atom stereocenters. The molecule has 2 N–H and O–H groups in total. The van der Waals surface area contributed by atoms with Crippen molar-refractivity contribution in [2.75, 3.05) is 5.73 Å². The first-order valence-electron chi connectivity index (χ1n) is 4.89. The normalized spacial score (nSPS) is 10.4. The van der Waals surface area contributed by atoms with Crippen LogP contribution < -0.4 is 5.73 Å². The number of nitrogens with two attached hydrogens (primary N) is 1. The van der Waals surface area contributed by atoms with E-state index in [1.54, 1.807) is 25.1 Å². The van der Waals surface area contributed by atoms with Gasteiger partial charge in [-0.25, -0.2) is 4.39 Å². The highest BCUT2D eigenvalue weighted by Gasteiger charge is 2.07. The van der Waals surface area contributed by atoms with Gasteiger partial charge in [-0.1, -0.05) is 23.7 Å². The standard InChI is InChI=1S/C13H11ClFN/c1-8-6-12(14)11(7-13(8)15)9-2-4-10(16)5-3-9/h2-7H,16H2,1H3. The minimum absolute atomic E-state index is 0.253. The Kier molecular flexibility index (Phi) is 2.84. The fourth-order valence-electron chi connectivity index (χ4n) is 1.53. The highest BCUT2D eigenvalue weighted by atomic mass is 35.5. The van der Waals surface area contributed by atoms with Gasteiger partial charge in [0.05, 0.1) is 0 Å². The molecular weight excluding hydrogens is 225 g/mol. The topological polar surface area (TPSA) is 26.0 Å². The Balaban J connectivity index is 2.56. The van der Waals surface area contributed by atoms with E-state index in [9.17, 15) is 4.39 Å². The molecule has 0 aliphatic carbocycles. The van der Waals surface area contributed by atoms with Crippen LogP contribution in [0.2, 0.25) is 5.02 Å². The second-order valence-corrected chi connectivity index (χ2v) is 4.11. The van der Waals surface area contributed by atoms with E-state index < -0.39 is 0 Å². The van der Waals surface area contributed by atoms with E-state index >= 15 is 0 Å². The summed E-state index contributed by atoms with van der Waals surface area (Å²) in [6, 6.07) is 10.3. The van der Waals surface area contributed by atoms with Gasteiger partial charge < -0.3 is 5.73 Å². The number of hydrogen-bond donors (Lipinski definition) is 1. The Morgan fingerprint density at radius 1 is 1.12 bits per heavy atom. The Bertz CT molecular complexity index is 520. The zero-order valence-electron chi connectivity index (χ0n) is 8.80. The lowest BCUT2D eigenvalue weighted by molar-refractivity contribution is 0.619. The van der Waals surface area contributed by atoms with Crippen molar-refractivity contribution in [3.05, 3.63) is 52.8 Å². The van der Waals surface area contributed by atoms with Crippen LogP contribution in [0.1, 0.15) is 5.56 Å². The summed E-state index contributed by atoms with van der Waals surface area (Å²) in [6.07, 6.45) is 0. The first-order chi connectivity index (χ1) is 7.58. The van der Waals surface area contributed by atoms with Crippen molar-refractivity contribution in [3.63, 3.8) is 0 Å². The van der Waals surface area contributed by atoms with Gasteiger partial charge in [-0.05, 0) is 42.3 Å².